The van der Waals surface area contributed by atoms with Crippen LogP contribution < -0.4 is 10.4 Å². The van der Waals surface area contributed by atoms with Crippen molar-refractivity contribution in [2.24, 2.45) is 5.92 Å². The minimum Gasteiger partial charge on any atom is -0.544 e. The summed E-state index contributed by atoms with van der Waals surface area (Å²) in [5, 5.41) is 50.7. The van der Waals surface area contributed by atoms with Crippen molar-refractivity contribution in [3.05, 3.63) is 0 Å². The fourth-order valence-corrected chi connectivity index (χ4v) is 2.01. The van der Waals surface area contributed by atoms with Gasteiger partial charge < -0.3 is 40.4 Å². The molecule has 0 bridgehead atoms. The van der Waals surface area contributed by atoms with Crippen LogP contribution >= 0.6 is 0 Å². The third-order valence-electron chi connectivity index (χ3n) is 3.34. The summed E-state index contributed by atoms with van der Waals surface area (Å²) in [7, 11) is 0. The Hall–Kier alpha value is -0.770. The number of ether oxygens (including phenoxy) is 1. The van der Waals surface area contributed by atoms with Gasteiger partial charge in [-0.25, -0.2) is 0 Å². The van der Waals surface area contributed by atoms with Crippen LogP contribution in [0.15, 0.2) is 0 Å². The maximum Gasteiger partial charge on any atom is 0.245 e. The first kappa shape index (κ1) is 16.3. The lowest BCUT2D eigenvalue weighted by molar-refractivity contribution is -0.710. The summed E-state index contributed by atoms with van der Waals surface area (Å²) in [6.07, 6.45) is -4.56. The van der Waals surface area contributed by atoms with E-state index in [2.05, 4.69) is 0 Å². The average Bonchev–Trinajstić information content (AvgIpc) is 2.31. The number of hydrogen-bond acceptors (Lipinski definition) is 7. The number of carboxylic acid groups (broad SMARTS) is 1. The monoisotopic (exact) mass is 279 g/mol. The van der Waals surface area contributed by atoms with Crippen molar-refractivity contribution in [1.29, 1.82) is 0 Å². The van der Waals surface area contributed by atoms with Crippen molar-refractivity contribution >= 4 is 5.97 Å². The van der Waals surface area contributed by atoms with E-state index in [-0.39, 0.29) is 19.1 Å². The lowest BCUT2D eigenvalue weighted by Gasteiger charge is -2.41. The molecule has 0 aromatic rings. The van der Waals surface area contributed by atoms with Gasteiger partial charge in [0.2, 0.25) is 5.79 Å². The molecule has 6 N–H and O–H groups in total. The van der Waals surface area contributed by atoms with Crippen LogP contribution in [0.5, 0.6) is 0 Å². The van der Waals surface area contributed by atoms with Crippen LogP contribution in [0.2, 0.25) is 0 Å². The van der Waals surface area contributed by atoms with E-state index < -0.39 is 36.1 Å². The van der Waals surface area contributed by atoms with Gasteiger partial charge in [0.1, 0.15) is 30.9 Å². The number of carbonyl (C=O) groups excluding carboxylic acids is 1. The predicted octanol–water partition coefficient (Wildman–Crippen LogP) is -4.87. The van der Waals surface area contributed by atoms with E-state index in [1.165, 1.54) is 5.32 Å². The van der Waals surface area contributed by atoms with Crippen molar-refractivity contribution in [1.82, 2.24) is 0 Å². The number of rotatable bonds is 5. The van der Waals surface area contributed by atoms with Crippen LogP contribution in [-0.2, 0) is 9.53 Å². The standard InChI is InChI=1S/C11H21NO7/c1-5(2)7(10(16)17)12-4-11(18)9(15)8(14)6(13)3-19-11/h5-9,12-15,18H,3-4H2,1-2H3,(H,16,17)/t6-,7+,8-,9+,11-/m1/s1. The summed E-state index contributed by atoms with van der Waals surface area (Å²) < 4.78 is 4.92. The molecule has 0 saturated carbocycles. The van der Waals surface area contributed by atoms with Gasteiger partial charge in [-0.2, -0.15) is 0 Å². The Bertz CT molecular complexity index is 324. The van der Waals surface area contributed by atoms with Crippen LogP contribution in [0.3, 0.4) is 0 Å². The van der Waals surface area contributed by atoms with E-state index in [0.29, 0.717) is 0 Å². The lowest BCUT2D eigenvalue weighted by atomic mass is 9.96. The van der Waals surface area contributed by atoms with Gasteiger partial charge in [-0.3, -0.25) is 0 Å². The number of hydrogen-bond donors (Lipinski definition) is 5. The van der Waals surface area contributed by atoms with Crippen molar-refractivity contribution in [3.8, 4) is 0 Å². The van der Waals surface area contributed by atoms with Gasteiger partial charge in [0.15, 0.2) is 0 Å². The minimum atomic E-state index is -2.11. The summed E-state index contributed by atoms with van der Waals surface area (Å²) >= 11 is 0. The molecule has 1 fully saturated rings. The summed E-state index contributed by atoms with van der Waals surface area (Å²) in [6.45, 7) is 2.71. The molecule has 0 aliphatic carbocycles. The summed E-state index contributed by atoms with van der Waals surface area (Å²) in [4.78, 5) is 10.9. The zero-order chi connectivity index (χ0) is 14.8. The van der Waals surface area contributed by atoms with Crippen molar-refractivity contribution in [2.75, 3.05) is 13.2 Å². The second kappa shape index (κ2) is 6.12. The zero-order valence-corrected chi connectivity index (χ0v) is 10.9. The van der Waals surface area contributed by atoms with E-state index in [1.807, 2.05) is 0 Å². The molecular formula is C11H21NO7. The van der Waals surface area contributed by atoms with Crippen LogP contribution in [0.1, 0.15) is 13.8 Å². The molecule has 5 atom stereocenters. The Morgan fingerprint density at radius 2 is 2.05 bits per heavy atom. The molecule has 0 aromatic heterocycles. The number of aliphatic hydroxyl groups excluding tert-OH is 3. The largest absolute Gasteiger partial charge is 0.544 e. The minimum absolute atomic E-state index is 0.246. The molecule has 0 aromatic carbocycles. The predicted molar refractivity (Wildman–Crippen MR) is 59.3 cm³/mol. The fourth-order valence-electron chi connectivity index (χ4n) is 2.01. The van der Waals surface area contributed by atoms with Crippen LogP contribution in [0, 0.1) is 5.92 Å². The number of aliphatic hydroxyl groups is 4. The van der Waals surface area contributed by atoms with Crippen molar-refractivity contribution < 1.29 is 40.4 Å². The molecular weight excluding hydrogens is 258 g/mol. The van der Waals surface area contributed by atoms with Gasteiger partial charge in [-0.1, -0.05) is 13.8 Å². The average molecular weight is 279 g/mol. The first-order chi connectivity index (χ1) is 8.69. The highest BCUT2D eigenvalue weighted by Crippen LogP contribution is 2.22. The Morgan fingerprint density at radius 3 is 2.53 bits per heavy atom. The quantitative estimate of drug-likeness (QED) is 0.339. The molecule has 0 radical (unpaired) electrons. The molecule has 1 saturated heterocycles. The Balaban J connectivity index is 2.67. The lowest BCUT2D eigenvalue weighted by Crippen LogP contribution is -2.98. The van der Waals surface area contributed by atoms with Gasteiger partial charge in [0, 0.05) is 5.92 Å². The van der Waals surface area contributed by atoms with E-state index in [4.69, 9.17) is 4.74 Å². The maximum atomic E-state index is 10.9. The van der Waals surface area contributed by atoms with Crippen molar-refractivity contribution in [2.45, 2.75) is 44.0 Å². The third-order valence-corrected chi connectivity index (χ3v) is 3.34. The second-order valence-corrected chi connectivity index (χ2v) is 5.19. The second-order valence-electron chi connectivity index (χ2n) is 5.19. The molecule has 0 amide bonds. The summed E-state index contributed by atoms with van der Waals surface area (Å²) in [5.41, 5.74) is 0. The summed E-state index contributed by atoms with van der Waals surface area (Å²) in [6, 6.07) is -0.913. The van der Waals surface area contributed by atoms with Crippen LogP contribution in [0.4, 0.5) is 0 Å². The third kappa shape index (κ3) is 3.62. The highest BCUT2D eigenvalue weighted by atomic mass is 16.6. The molecule has 19 heavy (non-hydrogen) atoms. The fraction of sp³-hybridized carbons (Fsp3) is 0.909. The zero-order valence-electron chi connectivity index (χ0n) is 10.9. The molecule has 0 unspecified atom stereocenters. The number of carboxylic acids is 1. The SMILES string of the molecule is CC(C)[C@H]([NH2+]C[C@@]1(O)OC[C@@H](O)[C@@H](O)[C@@H]1O)C(=O)[O-]. The molecule has 1 rings (SSSR count). The van der Waals surface area contributed by atoms with Crippen molar-refractivity contribution in [3.63, 3.8) is 0 Å². The molecule has 1 heterocycles. The first-order valence-electron chi connectivity index (χ1n) is 6.13. The Labute approximate surface area is 110 Å². The number of quaternary nitrogens is 1. The van der Waals surface area contributed by atoms with Gasteiger partial charge >= 0.3 is 0 Å². The van der Waals surface area contributed by atoms with E-state index >= 15 is 0 Å². The molecule has 112 valence electrons. The summed E-state index contributed by atoms with van der Waals surface area (Å²) in [5.74, 6) is -3.64. The van der Waals surface area contributed by atoms with Crippen LogP contribution in [0.25, 0.3) is 0 Å². The first-order valence-corrected chi connectivity index (χ1v) is 6.13. The van der Waals surface area contributed by atoms with Crippen LogP contribution in [-0.4, -0.2) is 69.7 Å². The normalized spacial score (nSPS) is 37.3. The van der Waals surface area contributed by atoms with Gasteiger partial charge in [-0.05, 0) is 0 Å². The number of nitrogens with two attached hydrogens (primary N) is 1. The highest BCUT2D eigenvalue weighted by Gasteiger charge is 2.50. The molecule has 1 aliphatic heterocycles. The van der Waals surface area contributed by atoms with E-state index in [0.717, 1.165) is 0 Å². The van der Waals surface area contributed by atoms with Gasteiger partial charge in [0.25, 0.3) is 0 Å². The number of aliphatic carboxylic acids is 1. The van der Waals surface area contributed by atoms with E-state index in [1.54, 1.807) is 13.8 Å². The molecule has 1 aliphatic rings. The van der Waals surface area contributed by atoms with Gasteiger partial charge in [-0.15, -0.1) is 0 Å². The maximum absolute atomic E-state index is 10.9. The molecule has 8 nitrogen and oxygen atoms in total. The van der Waals surface area contributed by atoms with Gasteiger partial charge in [0.05, 0.1) is 12.6 Å². The topological polar surface area (TPSA) is 147 Å². The number of carbonyl (C=O) groups is 1. The highest BCUT2D eigenvalue weighted by molar-refractivity contribution is 5.69. The molecule has 0 spiro atoms. The molecule has 8 heteroatoms. The smallest absolute Gasteiger partial charge is 0.245 e. The Kier molecular flexibility index (Phi) is 5.25. The Morgan fingerprint density at radius 1 is 1.47 bits per heavy atom. The van der Waals surface area contributed by atoms with E-state index in [9.17, 15) is 30.3 Å².